The van der Waals surface area contributed by atoms with Crippen LogP contribution in [0.15, 0.2) is 48.6 Å². The Morgan fingerprint density at radius 1 is 0.722 bits per heavy atom. The lowest BCUT2D eigenvalue weighted by atomic mass is 9.99. The standard InChI is InChI=1S/C41H72O12S/c1-3-5-7-9-11-13-14-15-16-17-18-19-20-21-23-25-27-29-31-49-33-35(51-37(43)30-28-26-24-22-12-10-8-6-4-2)34-50-41-39(45)40(53-54(46,47)48)38(44)36(32-42)52-41/h5,7,11,13,15-16,18-19,35-36,38-42,44-45H,3-4,6,8-10,12,14,17,20-34H2,1-2H3,(H,46,47,48)/b7-5-,13-11-,16-15-,19-18-. The van der Waals surface area contributed by atoms with E-state index in [1.807, 2.05) is 0 Å². The first-order valence-corrected chi connectivity index (χ1v) is 21.8. The van der Waals surface area contributed by atoms with Crippen LogP contribution in [0.25, 0.3) is 0 Å². The third kappa shape index (κ3) is 26.8. The monoisotopic (exact) mass is 788 g/mol. The maximum Gasteiger partial charge on any atom is 0.397 e. The van der Waals surface area contributed by atoms with Gasteiger partial charge in [0, 0.05) is 13.0 Å². The minimum atomic E-state index is -5.06. The van der Waals surface area contributed by atoms with Gasteiger partial charge in [-0.3, -0.25) is 9.35 Å². The van der Waals surface area contributed by atoms with Gasteiger partial charge < -0.3 is 34.3 Å². The third-order valence-electron chi connectivity index (χ3n) is 8.97. The fourth-order valence-electron chi connectivity index (χ4n) is 5.90. The van der Waals surface area contributed by atoms with Gasteiger partial charge in [0.15, 0.2) is 6.29 Å². The molecule has 12 nitrogen and oxygen atoms in total. The van der Waals surface area contributed by atoms with Crippen LogP contribution in [-0.2, 0) is 38.3 Å². The first kappa shape index (κ1) is 50.1. The predicted molar refractivity (Wildman–Crippen MR) is 211 cm³/mol. The van der Waals surface area contributed by atoms with E-state index in [-0.39, 0.29) is 19.6 Å². The normalized spacial score (nSPS) is 21.6. The Balaban J connectivity index is 2.46. The summed E-state index contributed by atoms with van der Waals surface area (Å²) in [5.41, 5.74) is 0. The van der Waals surface area contributed by atoms with Crippen LogP contribution in [-0.4, -0.2) is 97.5 Å². The highest BCUT2D eigenvalue weighted by molar-refractivity contribution is 7.80. The fraction of sp³-hybridized carbons (Fsp3) is 0.780. The molecule has 13 heteroatoms. The smallest absolute Gasteiger partial charge is 0.397 e. The zero-order valence-electron chi connectivity index (χ0n) is 33.0. The molecule has 0 aromatic carbocycles. The van der Waals surface area contributed by atoms with Crippen molar-refractivity contribution in [3.63, 3.8) is 0 Å². The van der Waals surface area contributed by atoms with Crippen LogP contribution in [0.3, 0.4) is 0 Å². The van der Waals surface area contributed by atoms with Gasteiger partial charge in [-0.15, -0.1) is 0 Å². The molecule has 4 N–H and O–H groups in total. The van der Waals surface area contributed by atoms with Crippen molar-refractivity contribution < 1.29 is 56.2 Å². The zero-order chi connectivity index (χ0) is 39.7. The number of aliphatic hydroxyl groups is 3. The van der Waals surface area contributed by atoms with Crippen molar-refractivity contribution in [2.75, 3.05) is 26.4 Å². The summed E-state index contributed by atoms with van der Waals surface area (Å²) in [6.45, 7) is 3.78. The van der Waals surface area contributed by atoms with E-state index in [4.69, 9.17) is 23.5 Å². The third-order valence-corrected chi connectivity index (χ3v) is 9.43. The molecule has 1 rings (SSSR count). The SMILES string of the molecule is CC/C=C\C/C=C\C/C=C\C/C=C\CCCCCCCOCC(COC1OC(CO)C(O)C(OS(=O)(=O)O)C1O)OC(=O)CCCCCCCCCCC. The summed E-state index contributed by atoms with van der Waals surface area (Å²) in [6, 6.07) is 0. The second-order valence-electron chi connectivity index (χ2n) is 13.9. The van der Waals surface area contributed by atoms with E-state index in [0.29, 0.717) is 13.0 Å². The van der Waals surface area contributed by atoms with Crippen molar-refractivity contribution in [3.8, 4) is 0 Å². The van der Waals surface area contributed by atoms with Crippen LogP contribution in [0, 0.1) is 0 Å². The molecule has 1 fully saturated rings. The average Bonchev–Trinajstić information content (AvgIpc) is 3.14. The molecule has 0 radical (unpaired) electrons. The summed E-state index contributed by atoms with van der Waals surface area (Å²) in [5.74, 6) is -0.412. The Kier molecular flexibility index (Phi) is 30.8. The maximum absolute atomic E-state index is 12.7. The second-order valence-corrected chi connectivity index (χ2v) is 14.9. The molecule has 0 saturated carbocycles. The largest absolute Gasteiger partial charge is 0.457 e. The summed E-state index contributed by atoms with van der Waals surface area (Å²) in [6.07, 6.45) is 28.7. The molecule has 1 saturated heterocycles. The Hall–Kier alpha value is -1.94. The molecule has 1 heterocycles. The highest BCUT2D eigenvalue weighted by Crippen LogP contribution is 2.26. The summed E-state index contributed by atoms with van der Waals surface area (Å²) in [7, 11) is -5.06. The van der Waals surface area contributed by atoms with Gasteiger partial charge in [-0.25, -0.2) is 4.18 Å². The molecule has 6 unspecified atom stereocenters. The van der Waals surface area contributed by atoms with Gasteiger partial charge >= 0.3 is 16.4 Å². The number of esters is 1. The van der Waals surface area contributed by atoms with Gasteiger partial charge in [0.25, 0.3) is 0 Å². The fourth-order valence-corrected chi connectivity index (χ4v) is 6.41. The molecule has 314 valence electrons. The highest BCUT2D eigenvalue weighted by Gasteiger charge is 2.48. The van der Waals surface area contributed by atoms with Crippen molar-refractivity contribution in [2.24, 2.45) is 0 Å². The summed E-state index contributed by atoms with van der Waals surface area (Å²) >= 11 is 0. The van der Waals surface area contributed by atoms with E-state index < -0.39 is 59.8 Å². The van der Waals surface area contributed by atoms with Crippen molar-refractivity contribution in [3.05, 3.63) is 48.6 Å². The molecule has 0 aliphatic carbocycles. The number of rotatable bonds is 34. The number of carbonyl (C=O) groups is 1. The van der Waals surface area contributed by atoms with Crippen LogP contribution < -0.4 is 0 Å². The first-order valence-electron chi connectivity index (χ1n) is 20.4. The zero-order valence-corrected chi connectivity index (χ0v) is 33.8. The van der Waals surface area contributed by atoms with Crippen molar-refractivity contribution in [2.45, 2.75) is 179 Å². The average molecular weight is 789 g/mol. The minimum absolute atomic E-state index is 0.0230. The van der Waals surface area contributed by atoms with E-state index in [1.165, 1.54) is 32.1 Å². The molecular weight excluding hydrogens is 717 g/mol. The molecule has 1 aliphatic rings. The van der Waals surface area contributed by atoms with Crippen LogP contribution in [0.4, 0.5) is 0 Å². The van der Waals surface area contributed by atoms with E-state index in [9.17, 15) is 28.5 Å². The lowest BCUT2D eigenvalue weighted by molar-refractivity contribution is -0.301. The number of allylic oxidation sites excluding steroid dienone is 8. The number of aliphatic hydroxyl groups excluding tert-OH is 3. The van der Waals surface area contributed by atoms with Gasteiger partial charge in [0.05, 0.1) is 19.8 Å². The van der Waals surface area contributed by atoms with Crippen LogP contribution >= 0.6 is 0 Å². The number of hydrogen-bond donors (Lipinski definition) is 4. The van der Waals surface area contributed by atoms with E-state index in [0.717, 1.165) is 83.5 Å². The van der Waals surface area contributed by atoms with Crippen molar-refractivity contribution >= 4 is 16.4 Å². The summed E-state index contributed by atoms with van der Waals surface area (Å²) < 4.78 is 58.8. The predicted octanol–water partition coefficient (Wildman–Crippen LogP) is 7.63. The number of hydrogen-bond acceptors (Lipinski definition) is 11. The topological polar surface area (TPSA) is 178 Å². The summed E-state index contributed by atoms with van der Waals surface area (Å²) in [5, 5.41) is 30.5. The van der Waals surface area contributed by atoms with Crippen LogP contribution in [0.2, 0.25) is 0 Å². The number of carbonyl (C=O) groups excluding carboxylic acids is 1. The van der Waals surface area contributed by atoms with Gasteiger partial charge in [-0.1, -0.05) is 133 Å². The van der Waals surface area contributed by atoms with Crippen molar-refractivity contribution in [1.29, 1.82) is 0 Å². The molecule has 0 aromatic rings. The Labute approximate surface area is 326 Å². The van der Waals surface area contributed by atoms with Crippen LogP contribution in [0.1, 0.15) is 142 Å². The minimum Gasteiger partial charge on any atom is -0.457 e. The van der Waals surface area contributed by atoms with Gasteiger partial charge in [0.2, 0.25) is 0 Å². The van der Waals surface area contributed by atoms with Gasteiger partial charge in [-0.05, 0) is 51.4 Å². The Bertz CT molecular complexity index is 1140. The quantitative estimate of drug-likeness (QED) is 0.0217. The summed E-state index contributed by atoms with van der Waals surface area (Å²) in [4.78, 5) is 12.7. The number of unbranched alkanes of at least 4 members (excludes halogenated alkanes) is 13. The molecule has 1 aliphatic heterocycles. The van der Waals surface area contributed by atoms with Crippen molar-refractivity contribution in [1.82, 2.24) is 0 Å². The molecule has 0 amide bonds. The number of ether oxygens (including phenoxy) is 4. The molecule has 54 heavy (non-hydrogen) atoms. The van der Waals surface area contributed by atoms with Gasteiger partial charge in [-0.2, -0.15) is 8.42 Å². The molecule has 0 bridgehead atoms. The van der Waals surface area contributed by atoms with E-state index in [2.05, 4.69) is 66.6 Å². The van der Waals surface area contributed by atoms with E-state index in [1.54, 1.807) is 0 Å². The molecule has 6 atom stereocenters. The highest BCUT2D eigenvalue weighted by atomic mass is 32.3. The Morgan fingerprint density at radius 2 is 1.28 bits per heavy atom. The van der Waals surface area contributed by atoms with Gasteiger partial charge in [0.1, 0.15) is 30.5 Å². The molecular formula is C41H72O12S. The first-order chi connectivity index (χ1) is 26.1. The van der Waals surface area contributed by atoms with E-state index >= 15 is 0 Å². The lowest BCUT2D eigenvalue weighted by Gasteiger charge is -2.41. The van der Waals surface area contributed by atoms with Crippen LogP contribution in [0.5, 0.6) is 0 Å². The molecule has 0 spiro atoms. The maximum atomic E-state index is 12.7. The Morgan fingerprint density at radius 3 is 1.87 bits per heavy atom. The second kappa shape index (κ2) is 33.2. The molecule has 0 aromatic heterocycles. The lowest BCUT2D eigenvalue weighted by Crippen LogP contribution is -2.60.